The molecule has 16 heavy (non-hydrogen) atoms. The summed E-state index contributed by atoms with van der Waals surface area (Å²) >= 11 is 0. The first-order chi connectivity index (χ1) is 7.18. The van der Waals surface area contributed by atoms with E-state index >= 15 is 0 Å². The van der Waals surface area contributed by atoms with E-state index in [1.807, 2.05) is 0 Å². The number of unbranched alkanes of at least 4 members (excludes halogenated alkanes) is 1. The number of hydrogen-bond donors (Lipinski definition) is 0. The van der Waals surface area contributed by atoms with Crippen molar-refractivity contribution in [3.05, 3.63) is 0 Å². The van der Waals surface area contributed by atoms with E-state index in [-0.39, 0.29) is 0 Å². The smallest absolute Gasteiger partial charge is 0.0354 e. The van der Waals surface area contributed by atoms with Crippen LogP contribution in [0.15, 0.2) is 0 Å². The fourth-order valence-corrected chi connectivity index (χ4v) is 1.46. The zero-order valence-electron chi connectivity index (χ0n) is 13.2. The topological polar surface area (TPSA) is 0 Å². The van der Waals surface area contributed by atoms with Gasteiger partial charge in [0.15, 0.2) is 0 Å². The Morgan fingerprint density at radius 3 is 1.38 bits per heavy atom. The van der Waals surface area contributed by atoms with Crippen molar-refractivity contribution in [1.82, 2.24) is 0 Å². The van der Waals surface area contributed by atoms with Crippen LogP contribution in [-0.2, 0) is 0 Å². The van der Waals surface area contributed by atoms with Crippen molar-refractivity contribution < 1.29 is 0 Å². The predicted molar refractivity (Wildman–Crippen MR) is 78.0 cm³/mol. The molecule has 0 heteroatoms. The number of hydrogen-bond acceptors (Lipinski definition) is 0. The molecule has 100 valence electrons. The minimum absolute atomic E-state index is 0.542. The highest BCUT2D eigenvalue weighted by molar-refractivity contribution is 4.66. The fraction of sp³-hybridized carbons (Fsp3) is 1.00. The molecule has 0 unspecified atom stereocenters. The van der Waals surface area contributed by atoms with Crippen LogP contribution >= 0.6 is 0 Å². The zero-order chi connectivity index (χ0) is 13.2. The highest BCUT2D eigenvalue weighted by Gasteiger charge is 2.14. The van der Waals surface area contributed by atoms with Crippen molar-refractivity contribution in [2.75, 3.05) is 0 Å². The molecular weight excluding hydrogens is 192 g/mol. The van der Waals surface area contributed by atoms with E-state index < -0.39 is 0 Å². The van der Waals surface area contributed by atoms with Crippen LogP contribution in [0.5, 0.6) is 0 Å². The molecule has 0 N–H and O–H groups in total. The summed E-state index contributed by atoms with van der Waals surface area (Å²) in [5, 5.41) is 0. The van der Waals surface area contributed by atoms with Crippen molar-refractivity contribution in [2.24, 2.45) is 10.8 Å². The maximum Gasteiger partial charge on any atom is -0.0354 e. The lowest BCUT2D eigenvalue weighted by atomic mass is 9.83. The van der Waals surface area contributed by atoms with Gasteiger partial charge in [0, 0.05) is 0 Å². The molecule has 0 saturated carbocycles. The van der Waals surface area contributed by atoms with E-state index in [1.165, 1.54) is 38.5 Å². The Balaban J connectivity index is 0. The third-order valence-corrected chi connectivity index (χ3v) is 3.19. The minimum atomic E-state index is 0.542. The van der Waals surface area contributed by atoms with E-state index in [0.29, 0.717) is 10.8 Å². The second-order valence-electron chi connectivity index (χ2n) is 6.93. The summed E-state index contributed by atoms with van der Waals surface area (Å²) in [5.74, 6) is 0. The van der Waals surface area contributed by atoms with Crippen molar-refractivity contribution in [2.45, 2.75) is 93.9 Å². The molecule has 0 radical (unpaired) electrons. The van der Waals surface area contributed by atoms with Crippen LogP contribution < -0.4 is 0 Å². The van der Waals surface area contributed by atoms with Gasteiger partial charge in [-0.15, -0.1) is 0 Å². The lowest BCUT2D eigenvalue weighted by Crippen LogP contribution is -2.09. The third kappa shape index (κ3) is 16.4. The Kier molecular flexibility index (Phi) is 10.4. The van der Waals surface area contributed by atoms with Crippen molar-refractivity contribution in [3.8, 4) is 0 Å². The van der Waals surface area contributed by atoms with Gasteiger partial charge in [-0.1, -0.05) is 81.1 Å². The summed E-state index contributed by atoms with van der Waals surface area (Å²) in [7, 11) is 0. The predicted octanol–water partition coefficient (Wildman–Crippen LogP) is 6.45. The molecule has 0 aromatic rings. The van der Waals surface area contributed by atoms with Crippen molar-refractivity contribution in [3.63, 3.8) is 0 Å². The Labute approximate surface area is 105 Å². The molecule has 0 aliphatic rings. The summed E-state index contributed by atoms with van der Waals surface area (Å²) in [6.45, 7) is 18.2. The molecule has 0 rings (SSSR count). The van der Waals surface area contributed by atoms with Gasteiger partial charge < -0.3 is 0 Å². The van der Waals surface area contributed by atoms with Gasteiger partial charge in [-0.3, -0.25) is 0 Å². The van der Waals surface area contributed by atoms with Crippen molar-refractivity contribution >= 4 is 0 Å². The van der Waals surface area contributed by atoms with Gasteiger partial charge in [0.25, 0.3) is 0 Å². The lowest BCUT2D eigenvalue weighted by molar-refractivity contribution is 0.295. The fourth-order valence-electron chi connectivity index (χ4n) is 1.46. The molecule has 0 atom stereocenters. The second kappa shape index (κ2) is 9.07. The van der Waals surface area contributed by atoms with E-state index in [1.54, 1.807) is 0 Å². The van der Waals surface area contributed by atoms with Crippen LogP contribution in [0.1, 0.15) is 93.9 Å². The van der Waals surface area contributed by atoms with E-state index in [0.717, 1.165) is 0 Å². The molecule has 0 nitrogen and oxygen atoms in total. The zero-order valence-corrected chi connectivity index (χ0v) is 13.2. The van der Waals surface area contributed by atoms with E-state index in [2.05, 4.69) is 55.4 Å². The third-order valence-electron chi connectivity index (χ3n) is 3.19. The maximum atomic E-state index is 2.38. The van der Waals surface area contributed by atoms with Crippen LogP contribution in [0.3, 0.4) is 0 Å². The van der Waals surface area contributed by atoms with Crippen molar-refractivity contribution in [1.29, 1.82) is 0 Å². The molecule has 0 fully saturated rings. The summed E-state index contributed by atoms with van der Waals surface area (Å²) in [5.41, 5.74) is 1.14. The standard InChI is InChI=1S/C10H22.C6H14/c1-5-7-9-10(3,4)8-6-2;1-5-6(2,3)4/h5-9H2,1-4H3;5H2,1-4H3. The Morgan fingerprint density at radius 2 is 1.12 bits per heavy atom. The Bertz CT molecular complexity index is 137. The minimum Gasteiger partial charge on any atom is -0.0654 e. The van der Waals surface area contributed by atoms with Gasteiger partial charge in [0.2, 0.25) is 0 Å². The van der Waals surface area contributed by atoms with Gasteiger partial charge in [-0.25, -0.2) is 0 Å². The van der Waals surface area contributed by atoms with E-state index in [4.69, 9.17) is 0 Å². The largest absolute Gasteiger partial charge is 0.0654 e. The highest BCUT2D eigenvalue weighted by Crippen LogP contribution is 2.28. The molecule has 0 spiro atoms. The van der Waals surface area contributed by atoms with E-state index in [9.17, 15) is 0 Å². The molecule has 0 aromatic carbocycles. The summed E-state index contributed by atoms with van der Waals surface area (Å²) in [6, 6.07) is 0. The Morgan fingerprint density at radius 1 is 0.688 bits per heavy atom. The maximum absolute atomic E-state index is 2.38. The molecule has 0 amide bonds. The summed E-state index contributed by atoms with van der Waals surface area (Å²) in [6.07, 6.45) is 8.12. The van der Waals surface area contributed by atoms with Gasteiger partial charge in [0.1, 0.15) is 0 Å². The first kappa shape index (κ1) is 18.4. The molecule has 0 aliphatic heterocycles. The normalized spacial score (nSPS) is 12.0. The molecule has 0 aromatic heterocycles. The molecule has 0 heterocycles. The molecular formula is C16H36. The number of rotatable bonds is 5. The van der Waals surface area contributed by atoms with Gasteiger partial charge in [-0.2, -0.15) is 0 Å². The van der Waals surface area contributed by atoms with Crippen LogP contribution in [0.2, 0.25) is 0 Å². The van der Waals surface area contributed by atoms with Gasteiger partial charge in [-0.05, 0) is 23.7 Å². The molecule has 0 bridgehead atoms. The monoisotopic (exact) mass is 228 g/mol. The summed E-state index contributed by atoms with van der Waals surface area (Å²) < 4.78 is 0. The lowest BCUT2D eigenvalue weighted by Gasteiger charge is -2.23. The first-order valence-corrected chi connectivity index (χ1v) is 7.18. The quantitative estimate of drug-likeness (QED) is 0.507. The van der Waals surface area contributed by atoms with Gasteiger partial charge >= 0.3 is 0 Å². The molecule has 0 aliphatic carbocycles. The SMILES string of the molecule is CCC(C)(C)C.CCCCC(C)(C)CCC. The van der Waals surface area contributed by atoms with Crippen LogP contribution in [-0.4, -0.2) is 0 Å². The highest BCUT2D eigenvalue weighted by atomic mass is 14.2. The second-order valence-corrected chi connectivity index (χ2v) is 6.93. The first-order valence-electron chi connectivity index (χ1n) is 7.18. The van der Waals surface area contributed by atoms with Crippen LogP contribution in [0, 0.1) is 10.8 Å². The average molecular weight is 228 g/mol. The average Bonchev–Trinajstić information content (AvgIpc) is 2.15. The van der Waals surface area contributed by atoms with Crippen LogP contribution in [0.25, 0.3) is 0 Å². The molecule has 0 saturated heterocycles. The summed E-state index contributed by atoms with van der Waals surface area (Å²) in [4.78, 5) is 0. The van der Waals surface area contributed by atoms with Crippen LogP contribution in [0.4, 0.5) is 0 Å². The Hall–Kier alpha value is 0. The van der Waals surface area contributed by atoms with Gasteiger partial charge in [0.05, 0.1) is 0 Å².